The molecule has 0 aliphatic carbocycles. The van der Waals surface area contributed by atoms with Crippen molar-refractivity contribution in [2.75, 3.05) is 5.75 Å². The highest BCUT2D eigenvalue weighted by molar-refractivity contribution is 8.05. The van der Waals surface area contributed by atoms with Crippen molar-refractivity contribution in [1.82, 2.24) is 0 Å². The first-order valence-corrected chi connectivity index (χ1v) is 8.11. The average Bonchev–Trinajstić information content (AvgIpc) is 2.60. The monoisotopic (exact) mass is 364 g/mol. The van der Waals surface area contributed by atoms with Gasteiger partial charge >= 0.3 is 11.9 Å². The summed E-state index contributed by atoms with van der Waals surface area (Å²) in [7, 11) is 0. The lowest BCUT2D eigenvalue weighted by atomic mass is 10.1. The number of aliphatic carboxylic acids is 1. The number of hydrogen-bond donors (Lipinski definition) is 2. The van der Waals surface area contributed by atoms with Crippen molar-refractivity contribution in [1.29, 1.82) is 0 Å². The minimum absolute atomic E-state index is 0.0737. The van der Waals surface area contributed by atoms with E-state index < -0.39 is 23.3 Å². The molecule has 0 radical (unpaired) electrons. The number of aliphatic hydroxyl groups excluding tert-OH is 1. The summed E-state index contributed by atoms with van der Waals surface area (Å²) in [6.07, 6.45) is 0. The molecule has 9 heteroatoms. The Labute approximate surface area is 137 Å². The van der Waals surface area contributed by atoms with Crippen LogP contribution in [0.4, 0.5) is 0 Å². The van der Waals surface area contributed by atoms with Crippen LogP contribution in [0.25, 0.3) is 0 Å². The Morgan fingerprint density at radius 2 is 1.90 bits per heavy atom. The molecule has 3 rings (SSSR count). The van der Waals surface area contributed by atoms with Gasteiger partial charge in [0.1, 0.15) is 0 Å². The Morgan fingerprint density at radius 1 is 1.29 bits per heavy atom. The summed E-state index contributed by atoms with van der Waals surface area (Å²) in [5.41, 5.74) is -1.91. The minimum Gasteiger partial charge on any atom is -0.501 e. The molecule has 2 N–H and O–H groups in total. The van der Waals surface area contributed by atoms with Crippen molar-refractivity contribution in [2.45, 2.75) is 15.4 Å². The summed E-state index contributed by atoms with van der Waals surface area (Å²) in [6.45, 7) is 0. The molecule has 1 unspecified atom stereocenters. The van der Waals surface area contributed by atoms with Gasteiger partial charge in [-0.25, -0.2) is 9.59 Å². The van der Waals surface area contributed by atoms with Crippen LogP contribution in [0.1, 0.15) is 0 Å². The molecule has 0 saturated carbocycles. The maximum absolute atomic E-state index is 11.6. The van der Waals surface area contributed by atoms with Gasteiger partial charge in [0, 0.05) is 9.79 Å². The maximum Gasteiger partial charge on any atom is 0.375 e. The molecule has 2 heterocycles. The van der Waals surface area contributed by atoms with Gasteiger partial charge in [-0.15, -0.1) is 11.8 Å². The summed E-state index contributed by atoms with van der Waals surface area (Å²) >= 11 is 14.2. The number of esters is 1. The second-order valence-electron chi connectivity index (χ2n) is 4.28. The van der Waals surface area contributed by atoms with Gasteiger partial charge in [0.2, 0.25) is 5.76 Å². The molecule has 1 aromatic carbocycles. The summed E-state index contributed by atoms with van der Waals surface area (Å²) in [5, 5.41) is 20.1. The number of halogens is 2. The van der Waals surface area contributed by atoms with Crippen molar-refractivity contribution in [2.24, 2.45) is 0 Å². The SMILES string of the molecule is O=C1OC2(C(=O)O)CSc3c(Cl)ccc(Cl)c3SC2=C1O. The molecule has 21 heavy (non-hydrogen) atoms. The summed E-state index contributed by atoms with van der Waals surface area (Å²) in [6, 6.07) is 3.17. The number of aliphatic hydroxyl groups is 1. The fourth-order valence-corrected chi connectivity index (χ4v) is 5.32. The van der Waals surface area contributed by atoms with Gasteiger partial charge in [0.15, 0.2) is 0 Å². The van der Waals surface area contributed by atoms with Gasteiger partial charge in [-0.3, -0.25) is 0 Å². The van der Waals surface area contributed by atoms with E-state index in [0.29, 0.717) is 19.8 Å². The van der Waals surface area contributed by atoms with E-state index in [1.807, 2.05) is 0 Å². The highest BCUT2D eigenvalue weighted by atomic mass is 35.5. The van der Waals surface area contributed by atoms with Crippen molar-refractivity contribution in [3.8, 4) is 0 Å². The topological polar surface area (TPSA) is 83.8 Å². The van der Waals surface area contributed by atoms with Crippen LogP contribution in [0.2, 0.25) is 10.0 Å². The van der Waals surface area contributed by atoms with E-state index >= 15 is 0 Å². The first-order chi connectivity index (χ1) is 9.86. The van der Waals surface area contributed by atoms with Crippen molar-refractivity contribution in [3.63, 3.8) is 0 Å². The van der Waals surface area contributed by atoms with Gasteiger partial charge in [-0.05, 0) is 12.1 Å². The van der Waals surface area contributed by atoms with Crippen LogP contribution in [0.5, 0.6) is 0 Å². The zero-order valence-electron chi connectivity index (χ0n) is 10.1. The lowest BCUT2D eigenvalue weighted by Gasteiger charge is -2.22. The number of ether oxygens (including phenoxy) is 1. The molecule has 0 spiro atoms. The van der Waals surface area contributed by atoms with Crippen LogP contribution in [0.15, 0.2) is 32.6 Å². The van der Waals surface area contributed by atoms with E-state index in [0.717, 1.165) is 23.5 Å². The summed E-state index contributed by atoms with van der Waals surface area (Å²) < 4.78 is 4.93. The lowest BCUT2D eigenvalue weighted by Crippen LogP contribution is -2.42. The number of carboxylic acids is 1. The van der Waals surface area contributed by atoms with Crippen LogP contribution in [-0.4, -0.2) is 33.5 Å². The van der Waals surface area contributed by atoms with E-state index in [9.17, 15) is 19.8 Å². The molecule has 0 bridgehead atoms. The first kappa shape index (κ1) is 14.9. The molecule has 0 amide bonds. The van der Waals surface area contributed by atoms with Crippen molar-refractivity contribution in [3.05, 3.63) is 32.8 Å². The molecule has 110 valence electrons. The van der Waals surface area contributed by atoms with Gasteiger partial charge in [-0.1, -0.05) is 35.0 Å². The Morgan fingerprint density at radius 3 is 2.52 bits per heavy atom. The molecule has 0 fully saturated rings. The summed E-state index contributed by atoms with van der Waals surface area (Å²) in [4.78, 5) is 24.2. The number of carbonyl (C=O) groups is 2. The maximum atomic E-state index is 11.6. The first-order valence-electron chi connectivity index (χ1n) is 5.56. The van der Waals surface area contributed by atoms with Gasteiger partial charge in [0.05, 0.1) is 20.7 Å². The fourth-order valence-electron chi connectivity index (χ4n) is 1.99. The molecule has 0 aromatic heterocycles. The van der Waals surface area contributed by atoms with Crippen LogP contribution < -0.4 is 0 Å². The Bertz CT molecular complexity index is 718. The van der Waals surface area contributed by atoms with Gasteiger partial charge in [0.25, 0.3) is 5.60 Å². The number of benzene rings is 1. The predicted octanol–water partition coefficient (Wildman–Crippen LogP) is 3.34. The fraction of sp³-hybridized carbons (Fsp3) is 0.167. The number of carboxylic acid groups (broad SMARTS) is 1. The van der Waals surface area contributed by atoms with E-state index in [2.05, 4.69) is 0 Å². The number of fused-ring (bicyclic) bond motifs is 2. The second-order valence-corrected chi connectivity index (χ2v) is 7.10. The Balaban J connectivity index is 2.22. The molecule has 2 aliphatic rings. The molecule has 1 aromatic rings. The minimum atomic E-state index is -1.91. The van der Waals surface area contributed by atoms with Crippen molar-refractivity contribution < 1.29 is 24.5 Å². The highest BCUT2D eigenvalue weighted by Gasteiger charge is 2.56. The quantitative estimate of drug-likeness (QED) is 0.739. The molecule has 5 nitrogen and oxygen atoms in total. The summed E-state index contributed by atoms with van der Waals surface area (Å²) in [5.74, 6) is -3.21. The second kappa shape index (κ2) is 5.01. The van der Waals surface area contributed by atoms with Crippen LogP contribution in [0.3, 0.4) is 0 Å². The zero-order valence-corrected chi connectivity index (χ0v) is 13.2. The third kappa shape index (κ3) is 2.11. The Hall–Kier alpha value is -1.02. The lowest BCUT2D eigenvalue weighted by molar-refractivity contribution is -0.165. The third-order valence-corrected chi connectivity index (χ3v) is 6.63. The number of hydrogen-bond acceptors (Lipinski definition) is 6. The molecule has 0 saturated heterocycles. The third-order valence-electron chi connectivity index (χ3n) is 3.03. The van der Waals surface area contributed by atoms with Crippen LogP contribution in [0, 0.1) is 0 Å². The normalized spacial score (nSPS) is 24.2. The Kier molecular flexibility index (Phi) is 3.56. The predicted molar refractivity (Wildman–Crippen MR) is 79.2 cm³/mol. The van der Waals surface area contributed by atoms with Crippen LogP contribution in [-0.2, 0) is 14.3 Å². The largest absolute Gasteiger partial charge is 0.501 e. The molecular weight excluding hydrogens is 359 g/mol. The number of thioether (sulfide) groups is 2. The number of carbonyl (C=O) groups excluding carboxylic acids is 1. The van der Waals surface area contributed by atoms with Crippen LogP contribution >= 0.6 is 46.7 Å². The number of rotatable bonds is 1. The van der Waals surface area contributed by atoms with Gasteiger partial charge < -0.3 is 14.9 Å². The zero-order chi connectivity index (χ0) is 15.4. The molecule has 1 atom stereocenters. The van der Waals surface area contributed by atoms with E-state index in [1.165, 1.54) is 0 Å². The molecular formula is C12H6Cl2O5S2. The van der Waals surface area contributed by atoms with Crippen molar-refractivity contribution >= 4 is 58.7 Å². The standard InChI is InChI=1S/C12H6Cl2O5S2/c13-4-1-2-5(14)8-7(4)20-3-12(11(17)18)9(21-8)6(15)10(16)19-12/h1-2,15H,3H2,(H,17,18). The van der Waals surface area contributed by atoms with E-state index in [-0.39, 0.29) is 10.7 Å². The smallest absolute Gasteiger partial charge is 0.375 e. The average molecular weight is 365 g/mol. The van der Waals surface area contributed by atoms with E-state index in [1.54, 1.807) is 12.1 Å². The molecule has 2 aliphatic heterocycles. The van der Waals surface area contributed by atoms with Gasteiger partial charge in [-0.2, -0.15) is 0 Å². The van der Waals surface area contributed by atoms with E-state index in [4.69, 9.17) is 27.9 Å². The highest BCUT2D eigenvalue weighted by Crippen LogP contribution is 2.54.